The fourth-order valence-electron chi connectivity index (χ4n) is 2.31. The second-order valence-corrected chi connectivity index (χ2v) is 5.52. The Hall–Kier alpha value is -2.31. The van der Waals surface area contributed by atoms with Gasteiger partial charge >= 0.3 is 0 Å². The smallest absolute Gasteiger partial charge is 0.296 e. The highest BCUT2D eigenvalue weighted by Crippen LogP contribution is 2.40. The quantitative estimate of drug-likeness (QED) is 0.838. The molecule has 0 aliphatic heterocycles. The van der Waals surface area contributed by atoms with E-state index in [-0.39, 0.29) is 17.4 Å². The standard InChI is InChI=1S/C16H15F3N2O2/c1-9-14(23-15(20-9)10-2-3-10)16(22)21(8-13(18)19)12-6-4-11(17)5-7-12/h4-7,10,13H,2-3,8H2,1H3. The summed E-state index contributed by atoms with van der Waals surface area (Å²) in [5.41, 5.74) is 0.554. The van der Waals surface area contributed by atoms with Gasteiger partial charge in [0.1, 0.15) is 5.82 Å². The van der Waals surface area contributed by atoms with Crippen molar-refractivity contribution >= 4 is 11.6 Å². The number of amides is 1. The first kappa shape index (κ1) is 15.6. The molecule has 1 aliphatic carbocycles. The van der Waals surface area contributed by atoms with Crippen LogP contribution in [0.2, 0.25) is 0 Å². The molecule has 3 rings (SSSR count). The summed E-state index contributed by atoms with van der Waals surface area (Å²) in [4.78, 5) is 17.7. The highest BCUT2D eigenvalue weighted by molar-refractivity contribution is 6.04. The number of benzene rings is 1. The SMILES string of the molecule is Cc1nc(C2CC2)oc1C(=O)N(CC(F)F)c1ccc(F)cc1. The Morgan fingerprint density at radius 2 is 2.00 bits per heavy atom. The number of aromatic nitrogens is 1. The van der Waals surface area contributed by atoms with Crippen LogP contribution < -0.4 is 4.90 Å². The van der Waals surface area contributed by atoms with E-state index < -0.39 is 24.7 Å². The minimum atomic E-state index is -2.73. The summed E-state index contributed by atoms with van der Waals surface area (Å²) >= 11 is 0. The number of nitrogens with zero attached hydrogens (tertiary/aromatic N) is 2. The van der Waals surface area contributed by atoms with Crippen LogP contribution in [0.3, 0.4) is 0 Å². The van der Waals surface area contributed by atoms with Crippen molar-refractivity contribution in [2.75, 3.05) is 11.4 Å². The molecule has 122 valence electrons. The summed E-state index contributed by atoms with van der Waals surface area (Å²) in [6.45, 7) is 0.803. The molecule has 7 heteroatoms. The molecular formula is C16H15F3N2O2. The van der Waals surface area contributed by atoms with E-state index in [1.807, 2.05) is 0 Å². The lowest BCUT2D eigenvalue weighted by Crippen LogP contribution is -2.35. The van der Waals surface area contributed by atoms with Gasteiger partial charge in [-0.2, -0.15) is 0 Å². The van der Waals surface area contributed by atoms with Crippen LogP contribution in [0.15, 0.2) is 28.7 Å². The molecule has 23 heavy (non-hydrogen) atoms. The van der Waals surface area contributed by atoms with Crippen molar-refractivity contribution in [2.45, 2.75) is 32.1 Å². The molecule has 1 aliphatic rings. The van der Waals surface area contributed by atoms with Crippen molar-refractivity contribution in [3.05, 3.63) is 47.4 Å². The molecule has 1 saturated carbocycles. The maximum absolute atomic E-state index is 13.0. The third-order valence-electron chi connectivity index (χ3n) is 3.64. The molecule has 1 aromatic heterocycles. The average Bonchev–Trinajstić information content (AvgIpc) is 3.28. The van der Waals surface area contributed by atoms with Gasteiger partial charge in [0, 0.05) is 11.6 Å². The molecule has 1 amide bonds. The van der Waals surface area contributed by atoms with Crippen LogP contribution in [0.4, 0.5) is 18.9 Å². The van der Waals surface area contributed by atoms with Crippen molar-refractivity contribution in [2.24, 2.45) is 0 Å². The Labute approximate surface area is 130 Å². The monoisotopic (exact) mass is 324 g/mol. The Balaban J connectivity index is 1.92. The number of anilines is 1. The van der Waals surface area contributed by atoms with E-state index in [4.69, 9.17) is 4.42 Å². The van der Waals surface area contributed by atoms with E-state index in [0.717, 1.165) is 29.9 Å². The van der Waals surface area contributed by atoms with E-state index >= 15 is 0 Å². The number of oxazole rings is 1. The molecule has 0 spiro atoms. The number of carbonyl (C=O) groups excluding carboxylic acids is 1. The zero-order valence-corrected chi connectivity index (χ0v) is 12.4. The minimum Gasteiger partial charge on any atom is -0.435 e. The van der Waals surface area contributed by atoms with Gasteiger partial charge in [-0.05, 0) is 44.0 Å². The predicted molar refractivity (Wildman–Crippen MR) is 77.3 cm³/mol. The topological polar surface area (TPSA) is 46.3 Å². The van der Waals surface area contributed by atoms with Crippen LogP contribution in [0, 0.1) is 12.7 Å². The van der Waals surface area contributed by atoms with Crippen LogP contribution in [-0.2, 0) is 0 Å². The summed E-state index contributed by atoms with van der Waals surface area (Å²) < 4.78 is 44.2. The summed E-state index contributed by atoms with van der Waals surface area (Å²) in [6, 6.07) is 4.79. The fourth-order valence-corrected chi connectivity index (χ4v) is 2.31. The second-order valence-electron chi connectivity index (χ2n) is 5.52. The van der Waals surface area contributed by atoms with Crippen molar-refractivity contribution in [3.63, 3.8) is 0 Å². The highest BCUT2D eigenvalue weighted by atomic mass is 19.3. The Morgan fingerprint density at radius 3 is 2.57 bits per heavy atom. The first-order valence-corrected chi connectivity index (χ1v) is 7.28. The van der Waals surface area contributed by atoms with Crippen LogP contribution in [-0.4, -0.2) is 23.9 Å². The van der Waals surface area contributed by atoms with Gasteiger partial charge < -0.3 is 4.42 Å². The molecule has 0 unspecified atom stereocenters. The normalized spacial score (nSPS) is 14.3. The highest BCUT2D eigenvalue weighted by Gasteiger charge is 2.33. The molecular weight excluding hydrogens is 309 g/mol. The molecule has 0 atom stereocenters. The number of alkyl halides is 2. The molecule has 4 nitrogen and oxygen atoms in total. The van der Waals surface area contributed by atoms with Crippen LogP contribution in [0.25, 0.3) is 0 Å². The molecule has 1 aromatic carbocycles. The number of halogens is 3. The Kier molecular flexibility index (Phi) is 4.11. The van der Waals surface area contributed by atoms with Gasteiger partial charge in [0.05, 0.1) is 12.2 Å². The zero-order valence-electron chi connectivity index (χ0n) is 12.4. The van der Waals surface area contributed by atoms with Crippen LogP contribution >= 0.6 is 0 Å². The molecule has 2 aromatic rings. The van der Waals surface area contributed by atoms with Crippen LogP contribution in [0.1, 0.15) is 40.9 Å². The molecule has 0 N–H and O–H groups in total. The number of aryl methyl sites for hydroxylation is 1. The van der Waals surface area contributed by atoms with E-state index in [1.54, 1.807) is 6.92 Å². The van der Waals surface area contributed by atoms with E-state index in [9.17, 15) is 18.0 Å². The van der Waals surface area contributed by atoms with E-state index in [1.165, 1.54) is 12.1 Å². The first-order chi connectivity index (χ1) is 11.0. The minimum absolute atomic E-state index is 0.0446. The number of hydrogen-bond acceptors (Lipinski definition) is 3. The summed E-state index contributed by atoms with van der Waals surface area (Å²) in [5, 5.41) is 0. The summed E-state index contributed by atoms with van der Waals surface area (Å²) in [5.74, 6) is -0.567. The van der Waals surface area contributed by atoms with Gasteiger partial charge in [-0.1, -0.05) is 0 Å². The molecule has 1 heterocycles. The maximum atomic E-state index is 13.0. The van der Waals surface area contributed by atoms with Gasteiger partial charge in [0.25, 0.3) is 12.3 Å². The van der Waals surface area contributed by atoms with Crippen LogP contribution in [0.5, 0.6) is 0 Å². The van der Waals surface area contributed by atoms with E-state index in [2.05, 4.69) is 4.98 Å². The molecule has 0 bridgehead atoms. The van der Waals surface area contributed by atoms with Gasteiger partial charge in [-0.25, -0.2) is 18.2 Å². The Bertz CT molecular complexity index is 709. The third kappa shape index (κ3) is 3.38. The van der Waals surface area contributed by atoms with Gasteiger partial charge in [0.2, 0.25) is 5.76 Å². The van der Waals surface area contributed by atoms with Gasteiger partial charge in [0.15, 0.2) is 5.89 Å². The van der Waals surface area contributed by atoms with Gasteiger partial charge in [-0.3, -0.25) is 9.69 Å². The summed E-state index contributed by atoms with van der Waals surface area (Å²) in [7, 11) is 0. The van der Waals surface area contributed by atoms with Gasteiger partial charge in [-0.15, -0.1) is 0 Å². The third-order valence-corrected chi connectivity index (χ3v) is 3.64. The molecule has 0 radical (unpaired) electrons. The van der Waals surface area contributed by atoms with Crippen molar-refractivity contribution < 1.29 is 22.4 Å². The largest absolute Gasteiger partial charge is 0.435 e. The molecule has 1 fully saturated rings. The average molecular weight is 324 g/mol. The van der Waals surface area contributed by atoms with Crippen molar-refractivity contribution in [3.8, 4) is 0 Å². The lowest BCUT2D eigenvalue weighted by molar-refractivity contribution is 0.0917. The lowest BCUT2D eigenvalue weighted by Gasteiger charge is -2.21. The van der Waals surface area contributed by atoms with Crippen molar-refractivity contribution in [1.82, 2.24) is 4.98 Å². The molecule has 0 saturated heterocycles. The number of carbonyl (C=O) groups is 1. The Morgan fingerprint density at radius 1 is 1.35 bits per heavy atom. The number of rotatable bonds is 5. The second kappa shape index (κ2) is 6.06. The van der Waals surface area contributed by atoms with E-state index in [0.29, 0.717) is 11.6 Å². The fraction of sp³-hybridized carbons (Fsp3) is 0.375. The maximum Gasteiger partial charge on any atom is 0.296 e. The summed E-state index contributed by atoms with van der Waals surface area (Å²) in [6.07, 6.45) is -0.825. The number of hydrogen-bond donors (Lipinski definition) is 0. The predicted octanol–water partition coefficient (Wildman–Crippen LogP) is 3.91. The lowest BCUT2D eigenvalue weighted by atomic mass is 10.2. The van der Waals surface area contributed by atoms with Crippen molar-refractivity contribution in [1.29, 1.82) is 0 Å². The zero-order chi connectivity index (χ0) is 16.6. The first-order valence-electron chi connectivity index (χ1n) is 7.28.